The van der Waals surface area contributed by atoms with E-state index in [9.17, 15) is 9.90 Å². The standard InChI is InChI=1S/C12H16O3/c1-3-9-6-4-5-7-10(9)8-12(2,15)11(13)14/h4-7,15H,3,8H2,1-2H3,(H,13,14). The molecule has 1 aromatic rings. The van der Waals surface area contributed by atoms with Crippen molar-refractivity contribution in [3.05, 3.63) is 35.4 Å². The van der Waals surface area contributed by atoms with Crippen molar-refractivity contribution in [3.63, 3.8) is 0 Å². The molecule has 3 nitrogen and oxygen atoms in total. The van der Waals surface area contributed by atoms with Crippen molar-refractivity contribution in [2.75, 3.05) is 0 Å². The van der Waals surface area contributed by atoms with E-state index in [-0.39, 0.29) is 6.42 Å². The van der Waals surface area contributed by atoms with Gasteiger partial charge in [0.1, 0.15) is 0 Å². The molecule has 0 aliphatic heterocycles. The van der Waals surface area contributed by atoms with Crippen LogP contribution in [0, 0.1) is 0 Å². The Morgan fingerprint density at radius 1 is 1.33 bits per heavy atom. The number of hydrogen-bond donors (Lipinski definition) is 2. The van der Waals surface area contributed by atoms with Gasteiger partial charge in [-0.15, -0.1) is 0 Å². The number of hydrogen-bond acceptors (Lipinski definition) is 2. The lowest BCUT2D eigenvalue weighted by Crippen LogP contribution is -2.37. The van der Waals surface area contributed by atoms with Gasteiger partial charge in [0.15, 0.2) is 5.60 Å². The highest BCUT2D eigenvalue weighted by atomic mass is 16.4. The summed E-state index contributed by atoms with van der Waals surface area (Å²) in [5.74, 6) is -1.19. The first-order valence-electron chi connectivity index (χ1n) is 5.00. The predicted octanol–water partition coefficient (Wildman–Crippen LogP) is 1.63. The third-order valence-electron chi connectivity index (χ3n) is 2.49. The van der Waals surface area contributed by atoms with E-state index in [4.69, 9.17) is 5.11 Å². The van der Waals surface area contributed by atoms with Crippen LogP contribution < -0.4 is 0 Å². The maximum atomic E-state index is 10.8. The van der Waals surface area contributed by atoms with Gasteiger partial charge in [-0.2, -0.15) is 0 Å². The minimum Gasteiger partial charge on any atom is -0.479 e. The molecule has 1 unspecified atom stereocenters. The van der Waals surface area contributed by atoms with Crippen LogP contribution in [-0.2, 0) is 17.6 Å². The SMILES string of the molecule is CCc1ccccc1CC(C)(O)C(=O)O. The van der Waals surface area contributed by atoms with Crippen LogP contribution in [0.15, 0.2) is 24.3 Å². The molecule has 0 radical (unpaired) electrons. The number of aryl methyl sites for hydroxylation is 1. The van der Waals surface area contributed by atoms with E-state index >= 15 is 0 Å². The van der Waals surface area contributed by atoms with E-state index in [1.807, 2.05) is 31.2 Å². The van der Waals surface area contributed by atoms with Gasteiger partial charge >= 0.3 is 5.97 Å². The minimum absolute atomic E-state index is 0.145. The molecule has 0 aromatic heterocycles. The molecule has 0 bridgehead atoms. The summed E-state index contributed by atoms with van der Waals surface area (Å²) >= 11 is 0. The van der Waals surface area contributed by atoms with E-state index in [2.05, 4.69) is 0 Å². The monoisotopic (exact) mass is 208 g/mol. The van der Waals surface area contributed by atoms with Crippen LogP contribution >= 0.6 is 0 Å². The van der Waals surface area contributed by atoms with Crippen molar-refractivity contribution in [2.45, 2.75) is 32.3 Å². The highest BCUT2D eigenvalue weighted by Crippen LogP contribution is 2.17. The molecule has 1 aromatic carbocycles. The van der Waals surface area contributed by atoms with Crippen LogP contribution in [-0.4, -0.2) is 21.8 Å². The van der Waals surface area contributed by atoms with Crippen LogP contribution in [0.2, 0.25) is 0 Å². The zero-order valence-electron chi connectivity index (χ0n) is 9.03. The number of carboxylic acid groups (broad SMARTS) is 1. The molecule has 0 saturated carbocycles. The minimum atomic E-state index is -1.69. The Morgan fingerprint density at radius 3 is 2.33 bits per heavy atom. The molecular formula is C12H16O3. The summed E-state index contributed by atoms with van der Waals surface area (Å²) in [6.07, 6.45) is 0.984. The smallest absolute Gasteiger partial charge is 0.335 e. The van der Waals surface area contributed by atoms with Gasteiger partial charge in [-0.25, -0.2) is 4.79 Å². The Bertz CT molecular complexity index is 356. The molecule has 15 heavy (non-hydrogen) atoms. The average molecular weight is 208 g/mol. The van der Waals surface area contributed by atoms with Crippen molar-refractivity contribution < 1.29 is 15.0 Å². The number of aliphatic carboxylic acids is 1. The van der Waals surface area contributed by atoms with Crippen LogP contribution in [0.5, 0.6) is 0 Å². The summed E-state index contributed by atoms with van der Waals surface area (Å²) in [4.78, 5) is 10.8. The molecule has 0 heterocycles. The van der Waals surface area contributed by atoms with Gasteiger partial charge < -0.3 is 10.2 Å². The van der Waals surface area contributed by atoms with E-state index in [0.717, 1.165) is 17.5 Å². The average Bonchev–Trinajstić information content (AvgIpc) is 2.18. The summed E-state index contributed by atoms with van der Waals surface area (Å²) in [5, 5.41) is 18.5. The number of carboxylic acids is 1. The Hall–Kier alpha value is -1.35. The number of benzene rings is 1. The first kappa shape index (κ1) is 11.7. The molecule has 0 aliphatic carbocycles. The van der Waals surface area contributed by atoms with E-state index in [1.54, 1.807) is 0 Å². The molecular weight excluding hydrogens is 192 g/mol. The second kappa shape index (κ2) is 4.45. The summed E-state index contributed by atoms with van der Waals surface area (Å²) in [5.41, 5.74) is 0.289. The molecule has 3 heteroatoms. The maximum Gasteiger partial charge on any atom is 0.335 e. The predicted molar refractivity (Wildman–Crippen MR) is 57.8 cm³/mol. The fourth-order valence-corrected chi connectivity index (χ4v) is 1.52. The van der Waals surface area contributed by atoms with E-state index in [1.165, 1.54) is 6.92 Å². The van der Waals surface area contributed by atoms with Crippen molar-refractivity contribution in [2.24, 2.45) is 0 Å². The van der Waals surface area contributed by atoms with Crippen LogP contribution in [0.3, 0.4) is 0 Å². The normalized spacial score (nSPS) is 14.6. The summed E-state index contributed by atoms with van der Waals surface area (Å²) < 4.78 is 0. The lowest BCUT2D eigenvalue weighted by molar-refractivity contribution is -0.156. The van der Waals surface area contributed by atoms with E-state index < -0.39 is 11.6 Å². The molecule has 0 aliphatic rings. The van der Waals surface area contributed by atoms with Crippen LogP contribution in [0.1, 0.15) is 25.0 Å². The number of aliphatic hydroxyl groups is 1. The van der Waals surface area contributed by atoms with Gasteiger partial charge in [0.05, 0.1) is 0 Å². The lowest BCUT2D eigenvalue weighted by atomic mass is 9.92. The summed E-state index contributed by atoms with van der Waals surface area (Å²) in [7, 11) is 0. The van der Waals surface area contributed by atoms with Gasteiger partial charge in [0.25, 0.3) is 0 Å². The molecule has 0 saturated heterocycles. The first-order chi connectivity index (χ1) is 6.97. The van der Waals surface area contributed by atoms with Gasteiger partial charge in [-0.05, 0) is 24.5 Å². The quantitative estimate of drug-likeness (QED) is 0.790. The third kappa shape index (κ3) is 2.80. The fourth-order valence-electron chi connectivity index (χ4n) is 1.52. The van der Waals surface area contributed by atoms with Gasteiger partial charge in [0, 0.05) is 6.42 Å². The second-order valence-electron chi connectivity index (χ2n) is 3.88. The van der Waals surface area contributed by atoms with Crippen molar-refractivity contribution in [1.29, 1.82) is 0 Å². The largest absolute Gasteiger partial charge is 0.479 e. The summed E-state index contributed by atoms with van der Waals surface area (Å²) in [6.45, 7) is 3.33. The topological polar surface area (TPSA) is 57.5 Å². The van der Waals surface area contributed by atoms with E-state index in [0.29, 0.717) is 0 Å². The molecule has 0 fully saturated rings. The second-order valence-corrected chi connectivity index (χ2v) is 3.88. The summed E-state index contributed by atoms with van der Waals surface area (Å²) in [6, 6.07) is 7.58. The van der Waals surface area contributed by atoms with Gasteiger partial charge in [-0.1, -0.05) is 31.2 Å². The van der Waals surface area contributed by atoms with Crippen molar-refractivity contribution >= 4 is 5.97 Å². The molecule has 82 valence electrons. The molecule has 1 atom stereocenters. The Morgan fingerprint density at radius 2 is 1.87 bits per heavy atom. The number of carbonyl (C=O) groups is 1. The van der Waals surface area contributed by atoms with Gasteiger partial charge in [0.2, 0.25) is 0 Å². The number of rotatable bonds is 4. The molecule has 2 N–H and O–H groups in total. The first-order valence-corrected chi connectivity index (χ1v) is 5.00. The third-order valence-corrected chi connectivity index (χ3v) is 2.49. The highest BCUT2D eigenvalue weighted by molar-refractivity contribution is 5.77. The van der Waals surface area contributed by atoms with Crippen molar-refractivity contribution in [1.82, 2.24) is 0 Å². The van der Waals surface area contributed by atoms with Crippen LogP contribution in [0.4, 0.5) is 0 Å². The van der Waals surface area contributed by atoms with Gasteiger partial charge in [-0.3, -0.25) is 0 Å². The Labute approximate surface area is 89.4 Å². The molecule has 1 rings (SSSR count). The lowest BCUT2D eigenvalue weighted by Gasteiger charge is -2.19. The maximum absolute atomic E-state index is 10.8. The highest BCUT2D eigenvalue weighted by Gasteiger charge is 2.30. The Balaban J connectivity index is 2.94. The zero-order valence-corrected chi connectivity index (χ0v) is 9.03. The Kier molecular flexibility index (Phi) is 3.48. The fraction of sp³-hybridized carbons (Fsp3) is 0.417. The van der Waals surface area contributed by atoms with Crippen molar-refractivity contribution in [3.8, 4) is 0 Å². The van der Waals surface area contributed by atoms with Crippen LogP contribution in [0.25, 0.3) is 0 Å². The molecule has 0 amide bonds. The zero-order chi connectivity index (χ0) is 11.5. The molecule has 0 spiro atoms.